The van der Waals surface area contributed by atoms with E-state index in [1.54, 1.807) is 5.57 Å². The number of carboxylic acids is 2. The summed E-state index contributed by atoms with van der Waals surface area (Å²) in [5, 5.41) is 38.7. The zero-order valence-electron chi connectivity index (χ0n) is 79.6. The van der Waals surface area contributed by atoms with Crippen LogP contribution in [0.2, 0.25) is 0 Å². The molecule has 15 nitrogen and oxygen atoms in total. The van der Waals surface area contributed by atoms with Crippen LogP contribution in [0.3, 0.4) is 0 Å². The Hall–Kier alpha value is -2.11. The molecule has 0 aromatic rings. The van der Waals surface area contributed by atoms with Gasteiger partial charge in [0, 0.05) is 133 Å². The maximum atomic E-state index is 12.4. The Kier molecular flexibility index (Phi) is 62.7. The number of carbonyl (C=O) groups is 5. The van der Waals surface area contributed by atoms with Gasteiger partial charge in [-0.25, -0.2) is 0 Å². The SMILES string of the molecule is C.C=CCCC[C@@H]1C2CC(C2)C[C@H]1O.C=CCCC[C@@H]1C2CC(C2)C[C@H]1OC(=O)C[C@H](C(=O)O)C(C)(C)C.C=CCCC[C@H]1C2CC(C2)C[C@@H]1OC(=O)C[C@H](C(=O)O)C(C)(C)C.CCOC(CCCC1=CCC2CC1C2)OCC.CCOC(CCC[C@@H]1C2CC(C2)C[C@H]1O)OCC.O=C1CCC2CC1C2.[B]B([B])B([BH3-])[BH3-].[B]B([B])B([B])[BH3-].[B]B([B])B([B])[B].[B][B]B([B])B([B])[B]. The molecule has 689 valence electrons. The number of allylic oxidation sites excluding steroid dienone is 5. The molecule has 0 heterocycles. The highest BCUT2D eigenvalue weighted by molar-refractivity contribution is 7.81. The van der Waals surface area contributed by atoms with Crippen molar-refractivity contribution >= 4 is 212 Å². The Morgan fingerprint density at radius 3 is 1.05 bits per heavy atom. The van der Waals surface area contributed by atoms with Gasteiger partial charge in [0.05, 0.1) is 36.9 Å². The number of hydrogen-bond donors (Lipinski definition) is 4. The van der Waals surface area contributed by atoms with Gasteiger partial charge in [-0.15, -0.1) is 41.6 Å². The number of carbonyl (C=O) groups excluding carboxylic acids is 3. The second-order valence-electron chi connectivity index (χ2n) is 40.2. The third kappa shape index (κ3) is 46.8. The summed E-state index contributed by atoms with van der Waals surface area (Å²) in [4.78, 5) is 58.5. The number of fused-ring (bicyclic) bond motifs is 11. The molecule has 16 saturated carbocycles. The van der Waals surface area contributed by atoms with Crippen molar-refractivity contribution in [3.8, 4) is 0 Å². The number of Topliss-reactive ketones (excluding diaryl/α,β-unsaturated/α-hetero) is 1. The molecular formula is C90H161B25O15-3. The van der Waals surface area contributed by atoms with Crippen molar-refractivity contribution in [2.24, 2.45) is 117 Å². The third-order valence-corrected chi connectivity index (χ3v) is 28.2. The molecule has 12 bridgehead atoms. The van der Waals surface area contributed by atoms with Crippen LogP contribution in [-0.4, -0.2) is 295 Å². The van der Waals surface area contributed by atoms with Gasteiger partial charge in [0.1, 0.15) is 18.0 Å². The molecule has 0 aromatic heterocycles. The second kappa shape index (κ2) is 65.8. The summed E-state index contributed by atoms with van der Waals surface area (Å²) in [6.07, 6.45) is 46.9. The molecule has 10 atom stereocenters. The topological polar surface area (TPSA) is 222 Å². The zero-order chi connectivity index (χ0) is 97.0. The van der Waals surface area contributed by atoms with Gasteiger partial charge in [-0.3, -0.25) is 30.4 Å². The van der Waals surface area contributed by atoms with E-state index < -0.39 is 53.8 Å². The molecule has 4 N–H and O–H groups in total. The van der Waals surface area contributed by atoms with E-state index in [1.165, 1.54) is 123 Å². The summed E-state index contributed by atoms with van der Waals surface area (Å²) in [7, 11) is 68.9. The van der Waals surface area contributed by atoms with Crippen molar-refractivity contribution in [1.29, 1.82) is 0 Å². The number of aliphatic hydroxyl groups excluding tert-OH is 2. The minimum atomic E-state index is -0.923. The number of carboxylic acid groups (broad SMARTS) is 2. The first kappa shape index (κ1) is 124. The molecule has 0 aromatic carbocycles. The lowest BCUT2D eigenvalue weighted by Gasteiger charge is -2.50. The second-order valence-corrected chi connectivity index (χ2v) is 40.2. The lowest BCUT2D eigenvalue weighted by molar-refractivity contribution is -0.169. The van der Waals surface area contributed by atoms with Crippen LogP contribution in [-0.2, 0) is 52.4 Å². The summed E-state index contributed by atoms with van der Waals surface area (Å²) in [5.41, 5.74) is 0.811. The van der Waals surface area contributed by atoms with E-state index in [-0.39, 0.29) is 102 Å². The molecule has 0 spiro atoms. The van der Waals surface area contributed by atoms with Gasteiger partial charge in [-0.1, -0.05) is 93.0 Å². The minimum Gasteiger partial charge on any atom is -0.481 e. The molecule has 0 unspecified atom stereocenters. The minimum absolute atomic E-state index is 0. The van der Waals surface area contributed by atoms with Crippen LogP contribution >= 0.6 is 0 Å². The summed E-state index contributed by atoms with van der Waals surface area (Å²) in [6.45, 7) is 33.4. The Morgan fingerprint density at radius 2 is 0.808 bits per heavy atom. The first-order valence-electron chi connectivity index (χ1n) is 48.4. The van der Waals surface area contributed by atoms with Gasteiger partial charge in [0.25, 0.3) is 0 Å². The van der Waals surface area contributed by atoms with Crippen LogP contribution in [0, 0.1) is 117 Å². The quantitative estimate of drug-likeness (QED) is 0.0148. The maximum absolute atomic E-state index is 12.4. The van der Waals surface area contributed by atoms with Crippen LogP contribution in [0.5, 0.6) is 0 Å². The Labute approximate surface area is 817 Å². The smallest absolute Gasteiger partial charge is 0.307 e. The van der Waals surface area contributed by atoms with Crippen molar-refractivity contribution in [1.82, 2.24) is 0 Å². The van der Waals surface area contributed by atoms with Crippen LogP contribution in [0.15, 0.2) is 49.6 Å². The normalized spacial score (nSPS) is 27.8. The van der Waals surface area contributed by atoms with Gasteiger partial charge >= 0.3 is 23.9 Å². The molecule has 0 aliphatic heterocycles. The first-order valence-corrected chi connectivity index (χ1v) is 48.4. The summed E-state index contributed by atoms with van der Waals surface area (Å²) in [5.74, 6) is 8.16. The molecule has 18 aliphatic rings. The lowest BCUT2D eigenvalue weighted by Crippen LogP contribution is -2.47. The van der Waals surface area contributed by atoms with Crippen LogP contribution < -0.4 is 0 Å². The molecule has 27 radical (unpaired) electrons. The molecule has 16 fully saturated rings. The zero-order valence-corrected chi connectivity index (χ0v) is 79.6. The Morgan fingerprint density at radius 1 is 0.477 bits per heavy atom. The molecule has 0 amide bonds. The number of hydrogen-bond acceptors (Lipinski definition) is 13. The standard InChI is InChI=1S/2C20H32O4.C15H28O3.C15H26O2.C12H20O.C7H10O.CH4.B7.B6H6.B6H3.B6/c2*1-5-6-7-8-15-14-9-13(10-14)11-17(15)24-18(21)12-16(19(22)23)20(2,3)4;1-3-17-15(18-4-2)7-5-6-13-12-8-11(9-12)10-14(13)16;1-3-16-15(17-4-2)7-5-6-13-9-8-12-10-14(13)11-12;1-2-3-4-5-11-10-6-9(7-10)8-12(11)13;8-7-2-1-5-3-6(7)4-5;;1-5-7(4)6(2)3;3*1-5(2)6(3)4/h2*5,13-17H,1,6-12H2,2-4H3,(H,22,23);11-16H,3-10H2,1-2H3;9,12,14-15H,3-8,10-11H2,1-2H3;2,9-13H,1,3-8H2;5-6H,1-4H2;1H4;;1-2H3;1H3;/q;;;;;;;;-2;-1;/t13?,14?,15-,16+,17-;13?,14?,15-,16-,17-;11?,12?,13-,14-;;9?,10?,11-,12-;;;;;;/m011.1....../s1. The summed E-state index contributed by atoms with van der Waals surface area (Å²) in [6, 6.07) is 0. The van der Waals surface area contributed by atoms with E-state index in [0.717, 1.165) is 164 Å². The average Bonchev–Trinajstić information content (AvgIpc) is 0.793. The Balaban J connectivity index is 0.000000508. The van der Waals surface area contributed by atoms with Gasteiger partial charge in [-0.2, -0.15) is 0 Å². The van der Waals surface area contributed by atoms with Gasteiger partial charge in [0.2, 0.25) is 0 Å². The van der Waals surface area contributed by atoms with E-state index in [9.17, 15) is 44.4 Å². The van der Waals surface area contributed by atoms with Crippen molar-refractivity contribution < 1.29 is 72.8 Å². The van der Waals surface area contributed by atoms with E-state index in [2.05, 4.69) is 25.8 Å². The molecule has 18 aliphatic carbocycles. The molecule has 130 heavy (non-hydrogen) atoms. The fourth-order valence-corrected chi connectivity index (χ4v) is 20.5. The number of unbranched alkanes of at least 4 members (excludes halogenated alkanes) is 3. The van der Waals surface area contributed by atoms with Gasteiger partial charge in [-0.05, 0) is 384 Å². The molecule has 40 heteroatoms. The fourth-order valence-electron chi connectivity index (χ4n) is 20.5. The number of aliphatic carboxylic acids is 2. The van der Waals surface area contributed by atoms with E-state index in [4.69, 9.17) is 129 Å². The van der Waals surface area contributed by atoms with Gasteiger partial charge in [0.15, 0.2) is 12.6 Å². The lowest BCUT2D eigenvalue weighted by atomic mass is 8.76. The Bertz CT molecular complexity index is 2990. The molecular weight excluding hydrogens is 1590 g/mol. The third-order valence-electron chi connectivity index (χ3n) is 28.2. The van der Waals surface area contributed by atoms with E-state index >= 15 is 0 Å². The van der Waals surface area contributed by atoms with Crippen LogP contribution in [0.25, 0.3) is 0 Å². The highest BCUT2D eigenvalue weighted by atomic mass is 16.7. The largest absolute Gasteiger partial charge is 0.481 e. The summed E-state index contributed by atoms with van der Waals surface area (Å²) < 4.78 is 33.8. The van der Waals surface area contributed by atoms with Crippen LogP contribution in [0.1, 0.15) is 308 Å². The maximum Gasteiger partial charge on any atom is 0.307 e. The van der Waals surface area contributed by atoms with Crippen molar-refractivity contribution in [2.75, 3.05) is 26.4 Å². The van der Waals surface area contributed by atoms with Crippen molar-refractivity contribution in [3.05, 3.63) is 49.6 Å². The monoisotopic (exact) mass is 1760 g/mol. The van der Waals surface area contributed by atoms with Crippen LogP contribution in [0.4, 0.5) is 0 Å². The van der Waals surface area contributed by atoms with Gasteiger partial charge < -0.3 is 48.8 Å². The number of aliphatic hydroxyl groups is 2. The van der Waals surface area contributed by atoms with Crippen molar-refractivity contribution in [3.63, 3.8) is 0 Å². The van der Waals surface area contributed by atoms with E-state index in [0.29, 0.717) is 87.7 Å². The number of ketones is 1. The summed E-state index contributed by atoms with van der Waals surface area (Å²) >= 11 is 0. The van der Waals surface area contributed by atoms with E-state index in [1.807, 2.05) is 87.5 Å². The molecule has 0 saturated heterocycles. The highest BCUT2D eigenvalue weighted by Gasteiger charge is 2.51. The van der Waals surface area contributed by atoms with Crippen molar-refractivity contribution in [2.45, 2.75) is 345 Å². The predicted molar refractivity (Wildman–Crippen MR) is 576 cm³/mol. The number of esters is 2. The first-order chi connectivity index (χ1) is 60.8. The average molecular weight is 1750 g/mol. The number of rotatable bonds is 41. The number of ether oxygens (including phenoxy) is 6. The molecule has 18 rings (SSSR count). The highest BCUT2D eigenvalue weighted by Crippen LogP contribution is 2.55. The fraction of sp³-hybridized carbons (Fsp3) is 0.856. The predicted octanol–water partition coefficient (Wildman–Crippen LogP) is 8.58.